The van der Waals surface area contributed by atoms with Crippen molar-refractivity contribution in [3.8, 4) is 11.5 Å². The molecule has 8 heteroatoms. The topological polar surface area (TPSA) is 79.8 Å². The summed E-state index contributed by atoms with van der Waals surface area (Å²) in [6.45, 7) is 0. The molecule has 0 bridgehead atoms. The Labute approximate surface area is 231 Å². The number of benzene rings is 3. The van der Waals surface area contributed by atoms with Gasteiger partial charge in [-0.1, -0.05) is 48.2 Å². The number of carbonyl (C=O) groups excluding carboxylic acids is 1. The molecule has 0 radical (unpaired) electrons. The Morgan fingerprint density at radius 1 is 1.03 bits per heavy atom. The summed E-state index contributed by atoms with van der Waals surface area (Å²) in [5, 5.41) is 7.45. The van der Waals surface area contributed by atoms with Gasteiger partial charge in [-0.2, -0.15) is 5.10 Å². The summed E-state index contributed by atoms with van der Waals surface area (Å²) >= 11 is 1.41. The fourth-order valence-corrected chi connectivity index (χ4v) is 6.17. The number of nitrogens with zero attached hydrogens (tertiary/aromatic N) is 3. The number of thioether (sulfide) groups is 1. The quantitative estimate of drug-likeness (QED) is 0.272. The number of aromatic amines is 1. The molecular formula is C31H30N4O3S. The number of rotatable bonds is 7. The molecule has 4 aromatic rings. The maximum absolute atomic E-state index is 13.7. The second kappa shape index (κ2) is 11.0. The molecular weight excluding hydrogens is 508 g/mol. The molecule has 1 aliphatic carbocycles. The van der Waals surface area contributed by atoms with Gasteiger partial charge in [-0.3, -0.25) is 4.79 Å². The molecule has 1 aliphatic heterocycles. The van der Waals surface area contributed by atoms with Gasteiger partial charge in [-0.15, -0.1) is 0 Å². The van der Waals surface area contributed by atoms with Crippen LogP contribution in [0.15, 0.2) is 88.6 Å². The number of para-hydroxylation sites is 2. The molecule has 3 aromatic carbocycles. The van der Waals surface area contributed by atoms with Crippen molar-refractivity contribution in [3.05, 3.63) is 89.5 Å². The number of hydrogen-bond donors (Lipinski definition) is 1. The van der Waals surface area contributed by atoms with Crippen molar-refractivity contribution in [2.45, 2.75) is 30.5 Å². The fraction of sp³-hybridized carbons (Fsp3) is 0.258. The normalized spacial score (nSPS) is 19.7. The Bertz CT molecular complexity index is 1510. The monoisotopic (exact) mass is 538 g/mol. The van der Waals surface area contributed by atoms with Crippen LogP contribution in [0.3, 0.4) is 0 Å². The van der Waals surface area contributed by atoms with E-state index in [1.54, 1.807) is 19.2 Å². The Morgan fingerprint density at radius 2 is 1.74 bits per heavy atom. The summed E-state index contributed by atoms with van der Waals surface area (Å²) in [7, 11) is 3.33. The molecule has 6 rings (SSSR count). The number of methoxy groups -OCH3 is 2. The smallest absolute Gasteiger partial charge is 0.253 e. The lowest BCUT2D eigenvalue weighted by molar-refractivity contribution is -0.130. The molecule has 1 N–H and O–H groups in total. The van der Waals surface area contributed by atoms with Crippen molar-refractivity contribution in [3.63, 3.8) is 0 Å². The third-order valence-electron chi connectivity index (χ3n) is 7.37. The van der Waals surface area contributed by atoms with Gasteiger partial charge in [0.25, 0.3) is 5.91 Å². The van der Waals surface area contributed by atoms with Gasteiger partial charge < -0.3 is 14.5 Å². The molecule has 2 aliphatic rings. The van der Waals surface area contributed by atoms with Crippen LogP contribution in [0.2, 0.25) is 0 Å². The molecule has 198 valence electrons. The highest BCUT2D eigenvalue weighted by molar-refractivity contribution is 7.99. The van der Waals surface area contributed by atoms with Gasteiger partial charge in [0, 0.05) is 5.92 Å². The predicted octanol–water partition coefficient (Wildman–Crippen LogP) is 6.50. The lowest BCUT2D eigenvalue weighted by Crippen LogP contribution is -2.32. The minimum atomic E-state index is -0.158. The van der Waals surface area contributed by atoms with E-state index in [0.717, 1.165) is 63.8 Å². The molecule has 0 saturated heterocycles. The number of fused-ring (bicyclic) bond motifs is 2. The van der Waals surface area contributed by atoms with Crippen molar-refractivity contribution in [2.24, 2.45) is 11.0 Å². The highest BCUT2D eigenvalue weighted by atomic mass is 32.2. The molecule has 1 aromatic heterocycles. The van der Waals surface area contributed by atoms with E-state index >= 15 is 0 Å². The van der Waals surface area contributed by atoms with Crippen LogP contribution in [0.4, 0.5) is 0 Å². The SMILES string of the molecule is COc1ccc(/C=C2/CCCC3C2=NN(C(=O)CSc2nc4ccccc4[nH]2)C3c2ccc(OC)cc2)cc1. The van der Waals surface area contributed by atoms with E-state index in [9.17, 15) is 4.79 Å². The highest BCUT2D eigenvalue weighted by Crippen LogP contribution is 2.45. The van der Waals surface area contributed by atoms with Gasteiger partial charge in [0.05, 0.1) is 42.8 Å². The molecule has 1 fully saturated rings. The van der Waals surface area contributed by atoms with Crippen LogP contribution in [0.1, 0.15) is 36.4 Å². The van der Waals surface area contributed by atoms with E-state index < -0.39 is 0 Å². The molecule has 2 heterocycles. The Kier molecular flexibility index (Phi) is 7.11. The molecule has 39 heavy (non-hydrogen) atoms. The Morgan fingerprint density at radius 3 is 2.46 bits per heavy atom. The first-order valence-corrected chi connectivity index (χ1v) is 14.1. The molecule has 7 nitrogen and oxygen atoms in total. The summed E-state index contributed by atoms with van der Waals surface area (Å²) in [6, 6.07) is 23.8. The average molecular weight is 539 g/mol. The Balaban J connectivity index is 1.30. The van der Waals surface area contributed by atoms with E-state index in [4.69, 9.17) is 14.6 Å². The second-order valence-corrected chi connectivity index (χ2v) is 10.7. The van der Waals surface area contributed by atoms with Crippen LogP contribution in [0.5, 0.6) is 11.5 Å². The lowest BCUT2D eigenvalue weighted by Gasteiger charge is -2.29. The minimum Gasteiger partial charge on any atom is -0.497 e. The third-order valence-corrected chi connectivity index (χ3v) is 8.23. The second-order valence-electron chi connectivity index (χ2n) is 9.73. The number of nitrogens with one attached hydrogen (secondary N) is 1. The predicted molar refractivity (Wildman–Crippen MR) is 155 cm³/mol. The zero-order valence-electron chi connectivity index (χ0n) is 22.0. The van der Waals surface area contributed by atoms with E-state index in [2.05, 4.69) is 40.3 Å². The van der Waals surface area contributed by atoms with Crippen LogP contribution >= 0.6 is 11.8 Å². The molecule has 0 spiro atoms. The van der Waals surface area contributed by atoms with Crippen LogP contribution in [-0.2, 0) is 4.79 Å². The largest absolute Gasteiger partial charge is 0.497 e. The van der Waals surface area contributed by atoms with E-state index in [-0.39, 0.29) is 23.6 Å². The summed E-state index contributed by atoms with van der Waals surface area (Å²) < 4.78 is 10.7. The van der Waals surface area contributed by atoms with Gasteiger partial charge in [0.2, 0.25) is 0 Å². The lowest BCUT2D eigenvalue weighted by atomic mass is 9.77. The maximum Gasteiger partial charge on any atom is 0.253 e. The number of allylic oxidation sites excluding steroid dienone is 1. The zero-order chi connectivity index (χ0) is 26.8. The summed E-state index contributed by atoms with van der Waals surface area (Å²) in [4.78, 5) is 21.6. The zero-order valence-corrected chi connectivity index (χ0v) is 22.8. The fourth-order valence-electron chi connectivity index (χ4n) is 5.44. The van der Waals surface area contributed by atoms with Crippen molar-refractivity contribution in [1.82, 2.24) is 15.0 Å². The summed E-state index contributed by atoms with van der Waals surface area (Å²) in [5.41, 5.74) is 6.22. The highest BCUT2D eigenvalue weighted by Gasteiger charge is 2.43. The number of amides is 1. The van der Waals surface area contributed by atoms with Crippen molar-refractivity contribution < 1.29 is 14.3 Å². The van der Waals surface area contributed by atoms with Gasteiger partial charge in [0.15, 0.2) is 5.16 Å². The summed E-state index contributed by atoms with van der Waals surface area (Å²) in [6.07, 6.45) is 5.17. The van der Waals surface area contributed by atoms with Gasteiger partial charge in [-0.05, 0) is 78.4 Å². The standard InChI is InChI=1S/C31H30N4O3S/c1-37-23-14-10-20(11-15-23)18-22-6-5-7-25-29(22)34-35(30(25)21-12-16-24(38-2)17-13-21)28(36)19-39-31-32-26-8-3-4-9-27(26)33-31/h3-4,8-18,25,30H,5-7,19H2,1-2H3,(H,32,33)/b22-18-. The number of hydrogen-bond acceptors (Lipinski definition) is 6. The van der Waals surface area contributed by atoms with E-state index in [1.165, 1.54) is 17.3 Å². The van der Waals surface area contributed by atoms with Crippen LogP contribution in [0.25, 0.3) is 17.1 Å². The number of imidazole rings is 1. The van der Waals surface area contributed by atoms with E-state index in [1.807, 2.05) is 48.5 Å². The first-order chi connectivity index (χ1) is 19.1. The molecule has 1 amide bonds. The van der Waals surface area contributed by atoms with Crippen molar-refractivity contribution in [1.29, 1.82) is 0 Å². The number of H-pyrrole nitrogens is 1. The number of ether oxygens (including phenoxy) is 2. The van der Waals surface area contributed by atoms with E-state index in [0.29, 0.717) is 0 Å². The van der Waals surface area contributed by atoms with Crippen LogP contribution < -0.4 is 9.47 Å². The van der Waals surface area contributed by atoms with Crippen LogP contribution in [-0.4, -0.2) is 46.6 Å². The minimum absolute atomic E-state index is 0.0352. The van der Waals surface area contributed by atoms with Gasteiger partial charge in [0.1, 0.15) is 11.5 Å². The maximum atomic E-state index is 13.7. The number of aromatic nitrogens is 2. The number of hydrazone groups is 1. The molecule has 2 unspecified atom stereocenters. The summed E-state index contributed by atoms with van der Waals surface area (Å²) in [5.74, 6) is 1.96. The Hall–Kier alpha value is -4.04. The molecule has 2 atom stereocenters. The average Bonchev–Trinajstić information content (AvgIpc) is 3.58. The van der Waals surface area contributed by atoms with Gasteiger partial charge >= 0.3 is 0 Å². The first kappa shape index (κ1) is 25.2. The van der Waals surface area contributed by atoms with Gasteiger partial charge in [-0.25, -0.2) is 9.99 Å². The van der Waals surface area contributed by atoms with Crippen molar-refractivity contribution in [2.75, 3.05) is 20.0 Å². The first-order valence-electron chi connectivity index (χ1n) is 13.1. The number of carbonyl (C=O) groups is 1. The molecule has 1 saturated carbocycles. The van der Waals surface area contributed by atoms with Crippen LogP contribution in [0, 0.1) is 5.92 Å². The van der Waals surface area contributed by atoms with Crippen molar-refractivity contribution >= 4 is 40.5 Å². The third kappa shape index (κ3) is 5.16.